The van der Waals surface area contributed by atoms with Crippen LogP contribution >= 0.6 is 0 Å². The average Bonchev–Trinajstić information content (AvgIpc) is 2.84. The first-order chi connectivity index (χ1) is 7.93. The molecule has 0 aromatic rings. The Balaban J connectivity index is 2.17. The van der Waals surface area contributed by atoms with Crippen LogP contribution in [0.2, 0.25) is 0 Å². The van der Waals surface area contributed by atoms with Gasteiger partial charge in [-0.3, -0.25) is 4.79 Å². The molecule has 2 rings (SSSR count). The third kappa shape index (κ3) is 2.31. The molecule has 2 aliphatic heterocycles. The van der Waals surface area contributed by atoms with Crippen LogP contribution in [0.4, 0.5) is 0 Å². The smallest absolute Gasteiger partial charge is 0.322 e. The number of nitrogens with zero attached hydrogens (tertiary/aromatic N) is 2. The van der Waals surface area contributed by atoms with Crippen LogP contribution in [0, 0.1) is 5.92 Å². The predicted molar refractivity (Wildman–Crippen MR) is 61.6 cm³/mol. The van der Waals surface area contributed by atoms with E-state index in [0.29, 0.717) is 38.4 Å². The second-order valence-corrected chi connectivity index (χ2v) is 6.75. The van der Waals surface area contributed by atoms with Gasteiger partial charge < -0.3 is 5.11 Å². The van der Waals surface area contributed by atoms with Gasteiger partial charge in [0.15, 0.2) is 0 Å². The number of rotatable bonds is 3. The molecule has 0 saturated carbocycles. The molecule has 6 nitrogen and oxygen atoms in total. The summed E-state index contributed by atoms with van der Waals surface area (Å²) in [6.07, 6.45) is 1.89. The Labute approximate surface area is 101 Å². The highest BCUT2D eigenvalue weighted by atomic mass is 32.2. The number of carboxylic acid groups (broad SMARTS) is 1. The zero-order valence-corrected chi connectivity index (χ0v) is 10.7. The largest absolute Gasteiger partial charge is 0.480 e. The van der Waals surface area contributed by atoms with Gasteiger partial charge in [-0.25, -0.2) is 0 Å². The van der Waals surface area contributed by atoms with Crippen molar-refractivity contribution in [2.75, 3.05) is 19.6 Å². The van der Waals surface area contributed by atoms with Gasteiger partial charge in [-0.2, -0.15) is 17.0 Å². The first-order valence-electron chi connectivity index (χ1n) is 5.92. The van der Waals surface area contributed by atoms with Gasteiger partial charge >= 0.3 is 5.97 Å². The van der Waals surface area contributed by atoms with E-state index in [1.807, 2.05) is 6.92 Å². The molecule has 2 heterocycles. The maximum atomic E-state index is 12.3. The monoisotopic (exact) mass is 262 g/mol. The van der Waals surface area contributed by atoms with Crippen molar-refractivity contribution < 1.29 is 18.3 Å². The molecular weight excluding hydrogens is 244 g/mol. The van der Waals surface area contributed by atoms with E-state index >= 15 is 0 Å². The van der Waals surface area contributed by atoms with E-state index in [1.165, 1.54) is 4.31 Å². The van der Waals surface area contributed by atoms with Crippen LogP contribution in [0.5, 0.6) is 0 Å². The molecule has 2 atom stereocenters. The van der Waals surface area contributed by atoms with Crippen LogP contribution < -0.4 is 0 Å². The van der Waals surface area contributed by atoms with Gasteiger partial charge in [-0.05, 0) is 25.2 Å². The zero-order chi connectivity index (χ0) is 12.6. The molecule has 2 saturated heterocycles. The fourth-order valence-corrected chi connectivity index (χ4v) is 4.47. The number of hydrogen-bond acceptors (Lipinski definition) is 3. The molecule has 0 aromatic carbocycles. The van der Waals surface area contributed by atoms with Gasteiger partial charge in [-0.15, -0.1) is 0 Å². The summed E-state index contributed by atoms with van der Waals surface area (Å²) >= 11 is 0. The summed E-state index contributed by atoms with van der Waals surface area (Å²) < 4.78 is 27.1. The minimum Gasteiger partial charge on any atom is -0.480 e. The van der Waals surface area contributed by atoms with Crippen LogP contribution in [0.15, 0.2) is 0 Å². The molecule has 0 bridgehead atoms. The Morgan fingerprint density at radius 2 is 2.00 bits per heavy atom. The number of carboxylic acids is 1. The topological polar surface area (TPSA) is 77.9 Å². The third-order valence-corrected chi connectivity index (χ3v) is 5.51. The third-order valence-electron chi connectivity index (χ3n) is 3.50. The molecule has 1 N–H and O–H groups in total. The highest BCUT2D eigenvalue weighted by Crippen LogP contribution is 2.27. The zero-order valence-electron chi connectivity index (χ0n) is 9.87. The van der Waals surface area contributed by atoms with E-state index < -0.39 is 22.2 Å². The first kappa shape index (κ1) is 12.8. The highest BCUT2D eigenvalue weighted by Gasteiger charge is 2.43. The van der Waals surface area contributed by atoms with Gasteiger partial charge in [-0.1, -0.05) is 6.92 Å². The van der Waals surface area contributed by atoms with Gasteiger partial charge in [0.05, 0.1) is 0 Å². The molecule has 0 spiro atoms. The van der Waals surface area contributed by atoms with Crippen molar-refractivity contribution in [1.29, 1.82) is 0 Å². The van der Waals surface area contributed by atoms with Crippen LogP contribution in [0.1, 0.15) is 26.2 Å². The minimum absolute atomic E-state index is 0.324. The summed E-state index contributed by atoms with van der Waals surface area (Å²) in [5, 5.41) is 9.02. The Hall–Kier alpha value is -0.660. The van der Waals surface area contributed by atoms with Crippen molar-refractivity contribution in [2.45, 2.75) is 32.2 Å². The van der Waals surface area contributed by atoms with Gasteiger partial charge in [0.25, 0.3) is 10.2 Å². The van der Waals surface area contributed by atoms with Crippen molar-refractivity contribution in [2.24, 2.45) is 5.92 Å². The average molecular weight is 262 g/mol. The van der Waals surface area contributed by atoms with Crippen molar-refractivity contribution in [3.05, 3.63) is 0 Å². The lowest BCUT2D eigenvalue weighted by molar-refractivity contribution is -0.140. The second-order valence-electron chi connectivity index (χ2n) is 4.87. The molecule has 0 aromatic heterocycles. The first-order valence-corrected chi connectivity index (χ1v) is 7.32. The fraction of sp³-hybridized carbons (Fsp3) is 0.900. The molecular formula is C10H18N2O4S. The Kier molecular flexibility index (Phi) is 3.42. The summed E-state index contributed by atoms with van der Waals surface area (Å²) in [4.78, 5) is 11.0. The lowest BCUT2D eigenvalue weighted by atomic mass is 10.2. The number of hydrogen-bond donors (Lipinski definition) is 1. The highest BCUT2D eigenvalue weighted by molar-refractivity contribution is 7.86. The van der Waals surface area contributed by atoms with Crippen molar-refractivity contribution in [1.82, 2.24) is 8.61 Å². The minimum atomic E-state index is -3.58. The molecule has 17 heavy (non-hydrogen) atoms. The summed E-state index contributed by atoms with van der Waals surface area (Å²) in [7, 11) is -3.58. The van der Waals surface area contributed by atoms with Crippen molar-refractivity contribution in [3.63, 3.8) is 0 Å². The van der Waals surface area contributed by atoms with E-state index in [-0.39, 0.29) is 0 Å². The van der Waals surface area contributed by atoms with Gasteiger partial charge in [0, 0.05) is 19.6 Å². The van der Waals surface area contributed by atoms with Crippen molar-refractivity contribution >= 4 is 16.2 Å². The second kappa shape index (κ2) is 4.55. The van der Waals surface area contributed by atoms with E-state index in [1.54, 1.807) is 0 Å². The van der Waals surface area contributed by atoms with Gasteiger partial charge in [0.1, 0.15) is 6.04 Å². The lowest BCUT2D eigenvalue weighted by Crippen LogP contribution is -2.47. The normalized spacial score (nSPS) is 32.1. The van der Waals surface area contributed by atoms with Gasteiger partial charge in [0.2, 0.25) is 0 Å². The molecule has 2 fully saturated rings. The number of aliphatic carboxylic acids is 1. The Morgan fingerprint density at radius 3 is 2.53 bits per heavy atom. The number of carbonyl (C=O) groups is 1. The van der Waals surface area contributed by atoms with E-state index in [9.17, 15) is 13.2 Å². The van der Waals surface area contributed by atoms with Crippen molar-refractivity contribution in [3.8, 4) is 0 Å². The van der Waals surface area contributed by atoms with E-state index in [4.69, 9.17) is 5.11 Å². The van der Waals surface area contributed by atoms with E-state index in [0.717, 1.165) is 10.7 Å². The van der Waals surface area contributed by atoms with Crippen LogP contribution in [0.25, 0.3) is 0 Å². The summed E-state index contributed by atoms with van der Waals surface area (Å²) in [6.45, 7) is 3.34. The predicted octanol–water partition coefficient (Wildman–Crippen LogP) is 0.122. The molecule has 0 radical (unpaired) electrons. The summed E-state index contributed by atoms with van der Waals surface area (Å²) in [5.74, 6) is -0.686. The summed E-state index contributed by atoms with van der Waals surface area (Å²) in [6, 6.07) is -0.879. The summed E-state index contributed by atoms with van der Waals surface area (Å²) in [5.41, 5.74) is 0. The van der Waals surface area contributed by atoms with Crippen LogP contribution in [-0.2, 0) is 15.0 Å². The quantitative estimate of drug-likeness (QED) is 0.783. The standard InChI is InChI=1S/C10H18N2O4S/c1-8-4-6-11(7-8)17(15,16)12-5-2-3-9(12)10(13)14/h8-9H,2-7H2,1H3,(H,13,14). The molecule has 0 aliphatic carbocycles. The van der Waals surface area contributed by atoms with E-state index in [2.05, 4.69) is 0 Å². The van der Waals surface area contributed by atoms with Crippen LogP contribution in [-0.4, -0.2) is 53.8 Å². The molecule has 2 aliphatic rings. The molecule has 98 valence electrons. The molecule has 2 unspecified atom stereocenters. The SMILES string of the molecule is CC1CCN(S(=O)(=O)N2CCCC2C(=O)O)C1. The fourth-order valence-electron chi connectivity index (χ4n) is 2.52. The molecule has 0 amide bonds. The lowest BCUT2D eigenvalue weighted by Gasteiger charge is -2.26. The van der Waals surface area contributed by atoms with Crippen LogP contribution in [0.3, 0.4) is 0 Å². The maximum absolute atomic E-state index is 12.3. The maximum Gasteiger partial charge on any atom is 0.322 e. The Morgan fingerprint density at radius 1 is 1.29 bits per heavy atom. The molecule has 7 heteroatoms. The Bertz CT molecular complexity index is 409.